The minimum absolute atomic E-state index is 0.0127. The van der Waals surface area contributed by atoms with Gasteiger partial charge in [-0.15, -0.1) is 0 Å². The molecule has 4 rings (SSSR count). The van der Waals surface area contributed by atoms with E-state index in [0.29, 0.717) is 28.3 Å². The van der Waals surface area contributed by atoms with Crippen molar-refractivity contribution < 1.29 is 24.2 Å². The van der Waals surface area contributed by atoms with Crippen molar-refractivity contribution in [3.05, 3.63) is 89.5 Å². The van der Waals surface area contributed by atoms with Gasteiger partial charge < -0.3 is 19.5 Å². The fourth-order valence-electron chi connectivity index (χ4n) is 4.10. The van der Waals surface area contributed by atoms with Gasteiger partial charge >= 0.3 is 0 Å². The summed E-state index contributed by atoms with van der Waals surface area (Å²) in [5, 5.41) is 11.3. The lowest BCUT2D eigenvalue weighted by atomic mass is 9.94. The molecule has 174 valence electrons. The molecule has 0 saturated carbocycles. The first-order valence-electron chi connectivity index (χ1n) is 10.7. The third kappa shape index (κ3) is 3.96. The zero-order valence-corrected chi connectivity index (χ0v) is 19.5. The molecule has 34 heavy (non-hydrogen) atoms. The molecule has 0 radical (unpaired) electrons. The van der Waals surface area contributed by atoms with Crippen molar-refractivity contribution in [1.82, 2.24) is 0 Å². The van der Waals surface area contributed by atoms with Gasteiger partial charge in [-0.05, 0) is 48.0 Å². The number of ketones is 1. The second kappa shape index (κ2) is 9.31. The molecule has 1 N–H and O–H groups in total. The van der Waals surface area contributed by atoms with Crippen LogP contribution in [0.2, 0.25) is 0 Å². The van der Waals surface area contributed by atoms with Crippen molar-refractivity contribution in [2.45, 2.75) is 6.04 Å². The lowest BCUT2D eigenvalue weighted by Gasteiger charge is -2.26. The quantitative estimate of drug-likeness (QED) is 0.335. The van der Waals surface area contributed by atoms with E-state index in [1.165, 1.54) is 19.1 Å². The number of Topliss-reactive ketones (excluding diaryl/α,β-unsaturated/α-hetero) is 1. The first-order chi connectivity index (χ1) is 16.4. The average molecular weight is 459 g/mol. The Kier molecular flexibility index (Phi) is 6.27. The molecule has 1 aliphatic rings. The Morgan fingerprint density at radius 1 is 0.882 bits per heavy atom. The van der Waals surface area contributed by atoms with Crippen LogP contribution in [0.3, 0.4) is 0 Å². The van der Waals surface area contributed by atoms with Crippen molar-refractivity contribution in [2.75, 3.05) is 38.1 Å². The minimum atomic E-state index is -0.799. The lowest BCUT2D eigenvalue weighted by molar-refractivity contribution is -0.132. The minimum Gasteiger partial charge on any atom is -0.507 e. The van der Waals surface area contributed by atoms with Crippen LogP contribution in [-0.2, 0) is 9.59 Å². The largest absolute Gasteiger partial charge is 0.507 e. The molecule has 7 heteroatoms. The smallest absolute Gasteiger partial charge is 0.300 e. The number of amides is 1. The highest BCUT2D eigenvalue weighted by molar-refractivity contribution is 6.51. The molecule has 1 amide bonds. The van der Waals surface area contributed by atoms with Gasteiger partial charge in [-0.25, -0.2) is 0 Å². The summed E-state index contributed by atoms with van der Waals surface area (Å²) in [4.78, 5) is 29.9. The molecule has 1 atom stereocenters. The molecule has 1 unspecified atom stereocenters. The highest BCUT2D eigenvalue weighted by Gasteiger charge is 2.47. The van der Waals surface area contributed by atoms with Crippen molar-refractivity contribution in [1.29, 1.82) is 0 Å². The molecule has 0 bridgehead atoms. The number of hydrogen-bond acceptors (Lipinski definition) is 6. The molecule has 1 fully saturated rings. The number of nitrogens with zero attached hydrogens (tertiary/aromatic N) is 2. The van der Waals surface area contributed by atoms with Crippen LogP contribution < -0.4 is 19.3 Å². The Balaban J connectivity index is 1.92. The van der Waals surface area contributed by atoms with Crippen LogP contribution in [0.5, 0.6) is 11.5 Å². The van der Waals surface area contributed by atoms with E-state index in [1.54, 1.807) is 42.5 Å². The second-order valence-electron chi connectivity index (χ2n) is 8.06. The number of methoxy groups -OCH3 is 2. The molecule has 0 aromatic heterocycles. The van der Waals surface area contributed by atoms with Gasteiger partial charge in [-0.1, -0.05) is 30.3 Å². The highest BCUT2D eigenvalue weighted by Crippen LogP contribution is 2.43. The van der Waals surface area contributed by atoms with Crippen LogP contribution in [0.25, 0.3) is 5.76 Å². The summed E-state index contributed by atoms with van der Waals surface area (Å²) in [5.41, 5.74) is 2.60. The Morgan fingerprint density at radius 3 is 2.12 bits per heavy atom. The van der Waals surface area contributed by atoms with Crippen LogP contribution in [0.15, 0.2) is 78.4 Å². The molecule has 0 spiro atoms. The standard InChI is InChI=1S/C27H26N2O5/c1-28(2)19-13-10-17(11-14-19)24-23(25(30)18-12-15-21(33-3)22(16-18)34-4)26(31)27(32)29(24)20-8-6-5-7-9-20/h5-16,24,30H,1-4H3/b25-23-. The van der Waals surface area contributed by atoms with Crippen LogP contribution in [-0.4, -0.2) is 45.1 Å². The van der Waals surface area contributed by atoms with E-state index < -0.39 is 17.7 Å². The number of rotatable bonds is 6. The zero-order valence-electron chi connectivity index (χ0n) is 19.5. The fourth-order valence-corrected chi connectivity index (χ4v) is 4.10. The zero-order chi connectivity index (χ0) is 24.4. The molecule has 3 aromatic rings. The summed E-state index contributed by atoms with van der Waals surface area (Å²) in [6.07, 6.45) is 0. The monoisotopic (exact) mass is 458 g/mol. The van der Waals surface area contributed by atoms with Gasteiger partial charge in [0.15, 0.2) is 11.5 Å². The van der Waals surface area contributed by atoms with Gasteiger partial charge in [0.25, 0.3) is 11.7 Å². The Bertz CT molecular complexity index is 1250. The maximum Gasteiger partial charge on any atom is 0.300 e. The van der Waals surface area contributed by atoms with Gasteiger partial charge in [-0.3, -0.25) is 14.5 Å². The molecule has 1 aliphatic heterocycles. The number of aliphatic hydroxyl groups is 1. The maximum atomic E-state index is 13.3. The topological polar surface area (TPSA) is 79.3 Å². The predicted molar refractivity (Wildman–Crippen MR) is 132 cm³/mol. The van der Waals surface area contributed by atoms with Crippen molar-refractivity contribution in [3.8, 4) is 11.5 Å². The second-order valence-corrected chi connectivity index (χ2v) is 8.06. The van der Waals surface area contributed by atoms with Crippen LogP contribution >= 0.6 is 0 Å². The summed E-state index contributed by atoms with van der Waals surface area (Å²) in [6, 6.07) is 20.6. The molecular weight excluding hydrogens is 432 g/mol. The van der Waals surface area contributed by atoms with Gasteiger partial charge in [0, 0.05) is 31.0 Å². The molecule has 1 saturated heterocycles. The predicted octanol–water partition coefficient (Wildman–Crippen LogP) is 4.40. The van der Waals surface area contributed by atoms with Crippen LogP contribution in [0, 0.1) is 0 Å². The summed E-state index contributed by atoms with van der Waals surface area (Å²) < 4.78 is 10.6. The van der Waals surface area contributed by atoms with E-state index in [1.807, 2.05) is 49.3 Å². The van der Waals surface area contributed by atoms with Gasteiger partial charge in [0.2, 0.25) is 0 Å². The number of carbonyl (C=O) groups is 2. The molecule has 3 aromatic carbocycles. The summed E-state index contributed by atoms with van der Waals surface area (Å²) >= 11 is 0. The van der Waals surface area contributed by atoms with E-state index in [-0.39, 0.29) is 11.3 Å². The highest BCUT2D eigenvalue weighted by atomic mass is 16.5. The Hall–Kier alpha value is -4.26. The van der Waals surface area contributed by atoms with E-state index in [4.69, 9.17) is 9.47 Å². The van der Waals surface area contributed by atoms with E-state index in [9.17, 15) is 14.7 Å². The number of carbonyl (C=O) groups excluding carboxylic acids is 2. The van der Waals surface area contributed by atoms with Crippen LogP contribution in [0.1, 0.15) is 17.2 Å². The number of aliphatic hydroxyl groups excluding tert-OH is 1. The number of benzene rings is 3. The van der Waals surface area contributed by atoms with Crippen LogP contribution in [0.4, 0.5) is 11.4 Å². The van der Waals surface area contributed by atoms with Gasteiger partial charge in [0.05, 0.1) is 25.8 Å². The van der Waals surface area contributed by atoms with E-state index >= 15 is 0 Å². The molecular formula is C27H26N2O5. The molecule has 0 aliphatic carbocycles. The molecule has 7 nitrogen and oxygen atoms in total. The maximum absolute atomic E-state index is 13.3. The van der Waals surface area contributed by atoms with Crippen molar-refractivity contribution in [2.24, 2.45) is 0 Å². The first-order valence-corrected chi connectivity index (χ1v) is 10.7. The van der Waals surface area contributed by atoms with E-state index in [2.05, 4.69) is 0 Å². The number of anilines is 2. The molecule has 1 heterocycles. The summed E-state index contributed by atoms with van der Waals surface area (Å²) in [7, 11) is 6.87. The SMILES string of the molecule is COc1ccc(/C(O)=C2/C(=O)C(=O)N(c3ccccc3)C2c2ccc(N(C)C)cc2)cc1OC. The average Bonchev–Trinajstić information content (AvgIpc) is 3.13. The van der Waals surface area contributed by atoms with E-state index in [0.717, 1.165) is 5.69 Å². The number of para-hydroxylation sites is 1. The van der Waals surface area contributed by atoms with Crippen molar-refractivity contribution in [3.63, 3.8) is 0 Å². The third-order valence-electron chi connectivity index (χ3n) is 5.86. The Labute approximate surface area is 198 Å². The Morgan fingerprint density at radius 2 is 1.53 bits per heavy atom. The van der Waals surface area contributed by atoms with Gasteiger partial charge in [0.1, 0.15) is 5.76 Å². The third-order valence-corrected chi connectivity index (χ3v) is 5.86. The fraction of sp³-hybridized carbons (Fsp3) is 0.185. The first kappa shape index (κ1) is 22.9. The normalized spacial score (nSPS) is 17.1. The summed E-state index contributed by atoms with van der Waals surface area (Å²) in [5.74, 6) is -0.845. The number of hydrogen-bond donors (Lipinski definition) is 1. The number of ether oxygens (including phenoxy) is 2. The lowest BCUT2D eigenvalue weighted by Crippen LogP contribution is -2.29. The summed E-state index contributed by atoms with van der Waals surface area (Å²) in [6.45, 7) is 0. The van der Waals surface area contributed by atoms with Crippen molar-refractivity contribution >= 4 is 28.8 Å². The van der Waals surface area contributed by atoms with Gasteiger partial charge in [-0.2, -0.15) is 0 Å².